The lowest BCUT2D eigenvalue weighted by Gasteiger charge is -2.02. The molecule has 0 aliphatic rings. The van der Waals surface area contributed by atoms with Gasteiger partial charge >= 0.3 is 0 Å². The van der Waals surface area contributed by atoms with E-state index in [1.807, 2.05) is 6.07 Å². The quantitative estimate of drug-likeness (QED) is 0.647. The van der Waals surface area contributed by atoms with Crippen LogP contribution in [0.5, 0.6) is 0 Å². The molecule has 2 nitrogen and oxygen atoms in total. The first-order valence-electron chi connectivity index (χ1n) is 4.43. The SMILES string of the molecule is Nc1ccc(C(=O)c2ccc(Br)s2)c(Br)c1. The fourth-order valence-corrected chi connectivity index (χ4v) is 3.20. The summed E-state index contributed by atoms with van der Waals surface area (Å²) in [6.45, 7) is 0. The number of hydrogen-bond donors (Lipinski definition) is 1. The normalized spacial score (nSPS) is 10.4. The highest BCUT2D eigenvalue weighted by atomic mass is 79.9. The van der Waals surface area contributed by atoms with Crippen molar-refractivity contribution in [3.05, 3.63) is 49.0 Å². The Morgan fingerprint density at radius 2 is 1.94 bits per heavy atom. The molecular weight excluding hydrogens is 354 g/mol. The summed E-state index contributed by atoms with van der Waals surface area (Å²) in [6.07, 6.45) is 0. The molecule has 0 unspecified atom stereocenters. The van der Waals surface area contributed by atoms with Crippen molar-refractivity contribution in [3.8, 4) is 0 Å². The van der Waals surface area contributed by atoms with Crippen LogP contribution in [-0.2, 0) is 0 Å². The standard InChI is InChI=1S/C11H7Br2NOS/c12-8-5-6(14)1-2-7(8)11(15)9-3-4-10(13)16-9/h1-5H,14H2. The molecule has 1 aromatic heterocycles. The summed E-state index contributed by atoms with van der Waals surface area (Å²) < 4.78 is 1.67. The van der Waals surface area contributed by atoms with Crippen LogP contribution >= 0.6 is 43.2 Å². The highest BCUT2D eigenvalue weighted by Gasteiger charge is 2.14. The Labute approximate surface area is 114 Å². The number of nitrogens with two attached hydrogens (primary N) is 1. The van der Waals surface area contributed by atoms with Gasteiger partial charge in [0.1, 0.15) is 0 Å². The van der Waals surface area contributed by atoms with Gasteiger partial charge in [-0.25, -0.2) is 0 Å². The number of benzene rings is 1. The Balaban J connectivity index is 2.41. The number of carbonyl (C=O) groups excluding carboxylic acids is 1. The van der Waals surface area contributed by atoms with Crippen LogP contribution in [-0.4, -0.2) is 5.78 Å². The van der Waals surface area contributed by atoms with E-state index in [2.05, 4.69) is 31.9 Å². The van der Waals surface area contributed by atoms with Crippen LogP contribution in [0.3, 0.4) is 0 Å². The van der Waals surface area contributed by atoms with E-state index in [0.717, 1.165) is 8.26 Å². The molecule has 1 heterocycles. The van der Waals surface area contributed by atoms with Gasteiger partial charge in [0, 0.05) is 15.7 Å². The van der Waals surface area contributed by atoms with Crippen molar-refractivity contribution in [1.82, 2.24) is 0 Å². The Kier molecular flexibility index (Phi) is 3.47. The number of thiophene rings is 1. The molecule has 0 aliphatic carbocycles. The lowest BCUT2D eigenvalue weighted by atomic mass is 10.1. The third-order valence-corrected chi connectivity index (χ3v) is 4.31. The predicted octanol–water partition coefficient (Wildman–Crippen LogP) is 4.09. The van der Waals surface area contributed by atoms with Crippen molar-refractivity contribution in [1.29, 1.82) is 0 Å². The second-order valence-corrected chi connectivity index (χ2v) is 6.49. The first-order valence-corrected chi connectivity index (χ1v) is 6.83. The van der Waals surface area contributed by atoms with Gasteiger partial charge in [0.25, 0.3) is 0 Å². The number of rotatable bonds is 2. The van der Waals surface area contributed by atoms with Gasteiger partial charge in [-0.2, -0.15) is 0 Å². The summed E-state index contributed by atoms with van der Waals surface area (Å²) >= 11 is 8.10. The van der Waals surface area contributed by atoms with Gasteiger partial charge in [0.15, 0.2) is 0 Å². The number of ketones is 1. The topological polar surface area (TPSA) is 43.1 Å². The zero-order valence-corrected chi connectivity index (χ0v) is 12.0. The molecule has 0 spiro atoms. The third kappa shape index (κ3) is 2.36. The maximum Gasteiger partial charge on any atom is 0.204 e. The zero-order valence-electron chi connectivity index (χ0n) is 8.04. The minimum Gasteiger partial charge on any atom is -0.399 e. The average molecular weight is 361 g/mol. The summed E-state index contributed by atoms with van der Waals surface area (Å²) in [7, 11) is 0. The van der Waals surface area contributed by atoms with Crippen molar-refractivity contribution >= 4 is 54.7 Å². The number of halogens is 2. The summed E-state index contributed by atoms with van der Waals surface area (Å²) in [6, 6.07) is 8.86. The summed E-state index contributed by atoms with van der Waals surface area (Å²) in [5, 5.41) is 0. The maximum absolute atomic E-state index is 12.1. The molecule has 16 heavy (non-hydrogen) atoms. The Bertz CT molecular complexity index is 551. The van der Waals surface area contributed by atoms with E-state index < -0.39 is 0 Å². The average Bonchev–Trinajstić information content (AvgIpc) is 2.64. The number of nitrogen functional groups attached to an aromatic ring is 1. The molecular formula is C11H7Br2NOS. The van der Waals surface area contributed by atoms with Crippen LogP contribution in [0.4, 0.5) is 5.69 Å². The molecule has 0 radical (unpaired) electrons. The second kappa shape index (κ2) is 4.69. The fourth-order valence-electron chi connectivity index (χ4n) is 1.28. The monoisotopic (exact) mass is 359 g/mol. The van der Waals surface area contributed by atoms with Crippen molar-refractivity contribution in [3.63, 3.8) is 0 Å². The van der Waals surface area contributed by atoms with Gasteiger partial charge in [0.2, 0.25) is 5.78 Å². The summed E-state index contributed by atoms with van der Waals surface area (Å²) in [5.74, 6) is 0.00238. The molecule has 2 aromatic rings. The van der Waals surface area contributed by atoms with Gasteiger partial charge in [-0.15, -0.1) is 11.3 Å². The van der Waals surface area contributed by atoms with Gasteiger partial charge in [0.05, 0.1) is 8.66 Å². The van der Waals surface area contributed by atoms with Crippen molar-refractivity contribution in [2.45, 2.75) is 0 Å². The van der Waals surface area contributed by atoms with Crippen molar-refractivity contribution in [2.75, 3.05) is 5.73 Å². The van der Waals surface area contributed by atoms with E-state index in [1.165, 1.54) is 11.3 Å². The molecule has 82 valence electrons. The van der Waals surface area contributed by atoms with Crippen LogP contribution in [0.2, 0.25) is 0 Å². The smallest absolute Gasteiger partial charge is 0.204 e. The minimum atomic E-state index is 0.00238. The Morgan fingerprint density at radius 1 is 1.19 bits per heavy atom. The molecule has 0 bridgehead atoms. The molecule has 0 atom stereocenters. The fraction of sp³-hybridized carbons (Fsp3) is 0. The molecule has 0 saturated carbocycles. The van der Waals surface area contributed by atoms with Crippen molar-refractivity contribution in [2.24, 2.45) is 0 Å². The minimum absolute atomic E-state index is 0.00238. The molecule has 2 N–H and O–H groups in total. The van der Waals surface area contributed by atoms with Gasteiger partial charge in [-0.1, -0.05) is 0 Å². The number of hydrogen-bond acceptors (Lipinski definition) is 3. The van der Waals surface area contributed by atoms with E-state index in [9.17, 15) is 4.79 Å². The van der Waals surface area contributed by atoms with Crippen LogP contribution in [0.25, 0.3) is 0 Å². The summed E-state index contributed by atoms with van der Waals surface area (Å²) in [4.78, 5) is 12.8. The van der Waals surface area contributed by atoms with Crippen LogP contribution in [0.1, 0.15) is 15.2 Å². The zero-order chi connectivity index (χ0) is 11.7. The number of anilines is 1. The molecule has 0 amide bonds. The predicted molar refractivity (Wildman–Crippen MR) is 74.0 cm³/mol. The van der Waals surface area contributed by atoms with E-state index in [1.54, 1.807) is 24.3 Å². The van der Waals surface area contributed by atoms with Gasteiger partial charge in [-0.3, -0.25) is 4.79 Å². The highest BCUT2D eigenvalue weighted by molar-refractivity contribution is 9.11. The molecule has 2 rings (SSSR count). The molecule has 1 aromatic carbocycles. The maximum atomic E-state index is 12.1. The van der Waals surface area contributed by atoms with Crippen LogP contribution in [0, 0.1) is 0 Å². The molecule has 0 aliphatic heterocycles. The van der Waals surface area contributed by atoms with Crippen LogP contribution < -0.4 is 5.73 Å². The molecule has 0 fully saturated rings. The van der Waals surface area contributed by atoms with E-state index in [0.29, 0.717) is 16.1 Å². The molecule has 0 saturated heterocycles. The second-order valence-electron chi connectivity index (χ2n) is 3.17. The van der Waals surface area contributed by atoms with E-state index in [-0.39, 0.29) is 5.78 Å². The molecule has 5 heteroatoms. The third-order valence-electron chi connectivity index (χ3n) is 2.03. The Hall–Kier alpha value is -0.650. The lowest BCUT2D eigenvalue weighted by Crippen LogP contribution is -2.00. The number of carbonyl (C=O) groups is 1. The first-order chi connectivity index (χ1) is 7.58. The highest BCUT2D eigenvalue weighted by Crippen LogP contribution is 2.28. The van der Waals surface area contributed by atoms with Crippen LogP contribution in [0.15, 0.2) is 38.6 Å². The Morgan fingerprint density at radius 3 is 2.50 bits per heavy atom. The van der Waals surface area contributed by atoms with E-state index >= 15 is 0 Å². The largest absolute Gasteiger partial charge is 0.399 e. The summed E-state index contributed by atoms with van der Waals surface area (Å²) in [5.41, 5.74) is 6.89. The van der Waals surface area contributed by atoms with E-state index in [4.69, 9.17) is 5.73 Å². The van der Waals surface area contributed by atoms with Crippen molar-refractivity contribution < 1.29 is 4.79 Å². The van der Waals surface area contributed by atoms with Gasteiger partial charge in [-0.05, 0) is 62.2 Å². The lowest BCUT2D eigenvalue weighted by molar-refractivity contribution is 0.104. The first kappa shape index (κ1) is 11.8. The van der Waals surface area contributed by atoms with Gasteiger partial charge < -0.3 is 5.73 Å².